The molecule has 0 N–H and O–H groups in total. The van der Waals surface area contributed by atoms with Crippen LogP contribution in [0.3, 0.4) is 0 Å². The summed E-state index contributed by atoms with van der Waals surface area (Å²) >= 11 is 1.89. The molecule has 0 aliphatic heterocycles. The summed E-state index contributed by atoms with van der Waals surface area (Å²) < 4.78 is 2.68. The van der Waals surface area contributed by atoms with Gasteiger partial charge in [0.2, 0.25) is 0 Å². The molecule has 0 unspecified atom stereocenters. The number of fused-ring (bicyclic) bond motifs is 5. The highest BCUT2D eigenvalue weighted by atomic mass is 32.1. The van der Waals surface area contributed by atoms with Crippen LogP contribution in [0.1, 0.15) is 18.9 Å². The largest absolute Gasteiger partial charge is 0.135 e. The molecule has 0 saturated carbocycles. The molecule has 1 heteroatoms. The van der Waals surface area contributed by atoms with E-state index in [4.69, 9.17) is 0 Å². The summed E-state index contributed by atoms with van der Waals surface area (Å²) in [6.07, 6.45) is 2.25. The van der Waals surface area contributed by atoms with Crippen molar-refractivity contribution in [1.82, 2.24) is 0 Å². The van der Waals surface area contributed by atoms with Gasteiger partial charge in [0.05, 0.1) is 0 Å². The molecule has 0 fully saturated rings. The molecule has 48 heavy (non-hydrogen) atoms. The minimum Gasteiger partial charge on any atom is -0.135 e. The smallest absolute Gasteiger partial charge is 0.0433 e. The summed E-state index contributed by atoms with van der Waals surface area (Å²) in [5, 5.41) is 7.80. The van der Waals surface area contributed by atoms with Crippen LogP contribution in [-0.4, -0.2) is 0 Å². The van der Waals surface area contributed by atoms with Crippen molar-refractivity contribution in [3.63, 3.8) is 0 Å². The zero-order valence-electron chi connectivity index (χ0n) is 26.9. The van der Waals surface area contributed by atoms with Gasteiger partial charge in [-0.2, -0.15) is 0 Å². The third-order valence-corrected chi connectivity index (χ3v) is 11.0. The van der Waals surface area contributed by atoms with Crippen molar-refractivity contribution in [3.8, 4) is 44.5 Å². The molecule has 0 saturated heterocycles. The lowest BCUT2D eigenvalue weighted by Gasteiger charge is -2.19. The van der Waals surface area contributed by atoms with Crippen molar-refractivity contribution in [2.45, 2.75) is 19.8 Å². The molecule has 0 aliphatic rings. The van der Waals surface area contributed by atoms with Gasteiger partial charge in [-0.25, -0.2) is 0 Å². The maximum atomic E-state index is 2.43. The van der Waals surface area contributed by atoms with E-state index in [9.17, 15) is 0 Å². The van der Waals surface area contributed by atoms with Gasteiger partial charge < -0.3 is 0 Å². The number of benzene rings is 8. The standard InChI is InChI=1S/C47H34S/c1-2-12-31-23-25-33(26-24-31)46-40-19-7-6-18-39(40)45(32-13-4-3-5-14-32)41-28-27-35(30-43(41)46)34-15-10-16-36(29-34)37-20-11-21-42-38-17-8-9-22-44(38)48-47(37)42/h3-11,13-30H,2,12H2,1H3. The van der Waals surface area contributed by atoms with Gasteiger partial charge in [0.15, 0.2) is 0 Å². The molecular formula is C47H34S. The molecule has 8 aromatic carbocycles. The fraction of sp³-hybridized carbons (Fsp3) is 0.0638. The van der Waals surface area contributed by atoms with Crippen LogP contribution in [0.5, 0.6) is 0 Å². The Bertz CT molecular complexity index is 2610. The van der Waals surface area contributed by atoms with E-state index in [-0.39, 0.29) is 0 Å². The van der Waals surface area contributed by atoms with Crippen LogP contribution in [0.4, 0.5) is 0 Å². The van der Waals surface area contributed by atoms with Crippen molar-refractivity contribution in [1.29, 1.82) is 0 Å². The minimum absolute atomic E-state index is 1.10. The average Bonchev–Trinajstić information content (AvgIpc) is 3.54. The predicted octanol–water partition coefficient (Wildman–Crippen LogP) is 14.0. The van der Waals surface area contributed by atoms with E-state index < -0.39 is 0 Å². The first-order chi connectivity index (χ1) is 23.8. The van der Waals surface area contributed by atoms with E-state index in [1.807, 2.05) is 11.3 Å². The molecule has 0 atom stereocenters. The molecule has 1 heterocycles. The zero-order chi connectivity index (χ0) is 32.0. The molecule has 228 valence electrons. The summed E-state index contributed by atoms with van der Waals surface area (Å²) in [6, 6.07) is 60.8. The number of aryl methyl sites for hydroxylation is 1. The second-order valence-corrected chi connectivity index (χ2v) is 13.8. The lowest BCUT2D eigenvalue weighted by molar-refractivity contribution is 0.922. The molecule has 0 amide bonds. The second-order valence-electron chi connectivity index (χ2n) is 12.7. The monoisotopic (exact) mass is 630 g/mol. The van der Waals surface area contributed by atoms with E-state index in [1.165, 1.54) is 91.8 Å². The van der Waals surface area contributed by atoms with Gasteiger partial charge in [0.1, 0.15) is 0 Å². The molecule has 9 rings (SSSR count). The Balaban J connectivity index is 1.28. The average molecular weight is 631 g/mol. The Morgan fingerprint density at radius 2 is 0.958 bits per heavy atom. The van der Waals surface area contributed by atoms with Crippen molar-refractivity contribution in [2.75, 3.05) is 0 Å². The van der Waals surface area contributed by atoms with Crippen molar-refractivity contribution in [2.24, 2.45) is 0 Å². The van der Waals surface area contributed by atoms with Crippen molar-refractivity contribution >= 4 is 53.1 Å². The van der Waals surface area contributed by atoms with E-state index >= 15 is 0 Å². The Kier molecular flexibility index (Phi) is 7.14. The summed E-state index contributed by atoms with van der Waals surface area (Å²) in [7, 11) is 0. The van der Waals surface area contributed by atoms with Crippen LogP contribution >= 0.6 is 11.3 Å². The van der Waals surface area contributed by atoms with Gasteiger partial charge in [0, 0.05) is 20.2 Å². The van der Waals surface area contributed by atoms with E-state index in [2.05, 4.69) is 171 Å². The molecule has 0 spiro atoms. The molecule has 0 aliphatic carbocycles. The first-order valence-electron chi connectivity index (χ1n) is 16.9. The van der Waals surface area contributed by atoms with Crippen LogP contribution in [0.2, 0.25) is 0 Å². The molecule has 0 radical (unpaired) electrons. The highest BCUT2D eigenvalue weighted by molar-refractivity contribution is 7.26. The maximum absolute atomic E-state index is 2.43. The molecule has 0 bridgehead atoms. The van der Waals surface area contributed by atoms with Gasteiger partial charge in [-0.15, -0.1) is 11.3 Å². The summed E-state index contributed by atoms with van der Waals surface area (Å²) in [5.74, 6) is 0. The lowest BCUT2D eigenvalue weighted by Crippen LogP contribution is -1.92. The topological polar surface area (TPSA) is 0 Å². The van der Waals surface area contributed by atoms with Gasteiger partial charge in [-0.1, -0.05) is 159 Å². The van der Waals surface area contributed by atoms with E-state index in [0.29, 0.717) is 0 Å². The van der Waals surface area contributed by atoms with Crippen LogP contribution in [0, 0.1) is 0 Å². The highest BCUT2D eigenvalue weighted by Crippen LogP contribution is 2.45. The number of thiophene rings is 1. The lowest BCUT2D eigenvalue weighted by atomic mass is 9.84. The Labute approximate surface area is 285 Å². The summed E-state index contributed by atoms with van der Waals surface area (Å²) in [5.41, 5.74) is 11.5. The highest BCUT2D eigenvalue weighted by Gasteiger charge is 2.18. The summed E-state index contributed by atoms with van der Waals surface area (Å²) in [4.78, 5) is 0. The Morgan fingerprint density at radius 3 is 1.75 bits per heavy atom. The van der Waals surface area contributed by atoms with Gasteiger partial charge in [0.25, 0.3) is 0 Å². The fourth-order valence-corrected chi connectivity index (χ4v) is 8.79. The second kappa shape index (κ2) is 11.9. The van der Waals surface area contributed by atoms with Crippen LogP contribution in [0.25, 0.3) is 86.2 Å². The first-order valence-corrected chi connectivity index (χ1v) is 17.7. The third kappa shape index (κ3) is 4.82. The quantitative estimate of drug-likeness (QED) is 0.160. The molecule has 1 aromatic heterocycles. The van der Waals surface area contributed by atoms with Crippen LogP contribution < -0.4 is 0 Å². The number of hydrogen-bond donors (Lipinski definition) is 0. The zero-order valence-corrected chi connectivity index (χ0v) is 27.7. The number of hydrogen-bond acceptors (Lipinski definition) is 1. The Morgan fingerprint density at radius 1 is 0.396 bits per heavy atom. The SMILES string of the molecule is CCCc1ccc(-c2c3ccccc3c(-c3ccccc3)c3ccc(-c4cccc(-c5cccc6c5sc5ccccc56)c4)cc23)cc1. The fourth-order valence-electron chi connectivity index (χ4n) is 7.55. The third-order valence-electron chi connectivity index (χ3n) is 9.78. The Hall–Kier alpha value is -5.50. The minimum atomic E-state index is 1.10. The first kappa shape index (κ1) is 28.7. The number of rotatable bonds is 6. The van der Waals surface area contributed by atoms with Crippen molar-refractivity contribution in [3.05, 3.63) is 169 Å². The van der Waals surface area contributed by atoms with E-state index in [1.54, 1.807) is 0 Å². The molecule has 9 aromatic rings. The predicted molar refractivity (Wildman–Crippen MR) is 210 cm³/mol. The van der Waals surface area contributed by atoms with Gasteiger partial charge >= 0.3 is 0 Å². The molecular weight excluding hydrogens is 597 g/mol. The van der Waals surface area contributed by atoms with Gasteiger partial charge in [-0.3, -0.25) is 0 Å². The van der Waals surface area contributed by atoms with Crippen molar-refractivity contribution < 1.29 is 0 Å². The van der Waals surface area contributed by atoms with Crippen LogP contribution in [-0.2, 0) is 6.42 Å². The van der Waals surface area contributed by atoms with Gasteiger partial charge in [-0.05, 0) is 96.2 Å². The summed E-state index contributed by atoms with van der Waals surface area (Å²) in [6.45, 7) is 2.25. The van der Waals surface area contributed by atoms with E-state index in [0.717, 1.165) is 12.8 Å². The molecule has 0 nitrogen and oxygen atoms in total. The maximum Gasteiger partial charge on any atom is 0.0433 e. The van der Waals surface area contributed by atoms with Crippen LogP contribution in [0.15, 0.2) is 164 Å². The normalized spacial score (nSPS) is 11.6.